The number of rotatable bonds is 12. The molecule has 0 aromatic heterocycles. The number of aliphatic hydroxyl groups excluding tert-OH is 4. The minimum atomic E-state index is -1.41. The topological polar surface area (TPSA) is 137 Å². The smallest absolute Gasteiger partial charge is 0.303 e. The Morgan fingerprint density at radius 3 is 2.04 bits per heavy atom. The van der Waals surface area contributed by atoms with Crippen molar-refractivity contribution >= 4 is 5.97 Å². The minimum Gasteiger partial charge on any atom is -0.481 e. The summed E-state index contributed by atoms with van der Waals surface area (Å²) < 4.78 is 10.6. The maximum absolute atomic E-state index is 10.4. The van der Waals surface area contributed by atoms with Gasteiger partial charge in [0, 0.05) is 13.0 Å². The summed E-state index contributed by atoms with van der Waals surface area (Å²) in [5.74, 6) is -0.750. The molecule has 142 valence electrons. The number of ether oxygens (including phenoxy) is 2. The Hall–Kier alpha value is -0.770. The van der Waals surface area contributed by atoms with Crippen LogP contribution in [0.5, 0.6) is 0 Å². The first-order valence-electron chi connectivity index (χ1n) is 8.61. The van der Waals surface area contributed by atoms with E-state index in [1.54, 1.807) is 0 Å². The molecule has 0 saturated carbocycles. The van der Waals surface area contributed by atoms with Crippen molar-refractivity contribution < 1.29 is 39.8 Å². The monoisotopic (exact) mass is 350 g/mol. The van der Waals surface area contributed by atoms with Crippen LogP contribution in [0.4, 0.5) is 0 Å². The zero-order valence-corrected chi connectivity index (χ0v) is 13.9. The molecule has 1 saturated heterocycles. The molecule has 0 bridgehead atoms. The van der Waals surface area contributed by atoms with Crippen molar-refractivity contribution in [2.75, 3.05) is 13.2 Å². The zero-order valence-electron chi connectivity index (χ0n) is 13.9. The second-order valence-electron chi connectivity index (χ2n) is 6.19. The van der Waals surface area contributed by atoms with Crippen LogP contribution >= 0.6 is 0 Å². The van der Waals surface area contributed by atoms with Gasteiger partial charge in [-0.3, -0.25) is 4.79 Å². The summed E-state index contributed by atoms with van der Waals surface area (Å²) in [7, 11) is 0. The SMILES string of the molecule is O=C(O)CCCCCCCCCOC1OC(CO)C(O)C(O)C1O. The molecule has 0 aliphatic carbocycles. The lowest BCUT2D eigenvalue weighted by Gasteiger charge is -2.39. The van der Waals surface area contributed by atoms with Gasteiger partial charge in [-0.2, -0.15) is 0 Å². The number of hydrogen-bond donors (Lipinski definition) is 5. The largest absolute Gasteiger partial charge is 0.481 e. The second-order valence-corrected chi connectivity index (χ2v) is 6.19. The third-order valence-corrected chi connectivity index (χ3v) is 4.17. The number of aliphatic carboxylic acids is 1. The third-order valence-electron chi connectivity index (χ3n) is 4.17. The van der Waals surface area contributed by atoms with Crippen LogP contribution in [-0.4, -0.2) is 75.4 Å². The van der Waals surface area contributed by atoms with Crippen molar-refractivity contribution in [2.45, 2.75) is 82.1 Å². The summed E-state index contributed by atoms with van der Waals surface area (Å²) in [5.41, 5.74) is 0. The molecule has 0 aromatic rings. The van der Waals surface area contributed by atoms with Gasteiger partial charge in [-0.25, -0.2) is 0 Å². The predicted molar refractivity (Wildman–Crippen MR) is 84.3 cm³/mol. The minimum absolute atomic E-state index is 0.229. The van der Waals surface area contributed by atoms with Gasteiger partial charge in [-0.1, -0.05) is 32.1 Å². The van der Waals surface area contributed by atoms with Gasteiger partial charge in [-0.15, -0.1) is 0 Å². The Labute approximate surface area is 142 Å². The van der Waals surface area contributed by atoms with Gasteiger partial charge in [0.05, 0.1) is 6.61 Å². The van der Waals surface area contributed by atoms with Crippen LogP contribution in [-0.2, 0) is 14.3 Å². The van der Waals surface area contributed by atoms with E-state index < -0.39 is 43.3 Å². The van der Waals surface area contributed by atoms with Crippen molar-refractivity contribution in [3.8, 4) is 0 Å². The van der Waals surface area contributed by atoms with Gasteiger partial charge in [0.1, 0.15) is 24.4 Å². The van der Waals surface area contributed by atoms with Crippen LogP contribution in [0.25, 0.3) is 0 Å². The highest BCUT2D eigenvalue weighted by molar-refractivity contribution is 5.66. The Morgan fingerprint density at radius 1 is 0.875 bits per heavy atom. The van der Waals surface area contributed by atoms with Gasteiger partial charge in [0.15, 0.2) is 6.29 Å². The van der Waals surface area contributed by atoms with E-state index in [1.807, 2.05) is 0 Å². The summed E-state index contributed by atoms with van der Waals surface area (Å²) in [5, 5.41) is 46.7. The summed E-state index contributed by atoms with van der Waals surface area (Å²) in [6.45, 7) is -0.117. The zero-order chi connectivity index (χ0) is 17.9. The van der Waals surface area contributed by atoms with E-state index in [0.717, 1.165) is 44.9 Å². The van der Waals surface area contributed by atoms with E-state index in [9.17, 15) is 20.1 Å². The van der Waals surface area contributed by atoms with Crippen LogP contribution in [0.15, 0.2) is 0 Å². The van der Waals surface area contributed by atoms with E-state index in [2.05, 4.69) is 0 Å². The summed E-state index contributed by atoms with van der Waals surface area (Å²) in [6, 6.07) is 0. The number of unbranched alkanes of at least 4 members (excludes halogenated alkanes) is 6. The molecular weight excluding hydrogens is 320 g/mol. The number of hydrogen-bond acceptors (Lipinski definition) is 7. The summed E-state index contributed by atoms with van der Waals surface area (Å²) >= 11 is 0. The number of aliphatic hydroxyl groups is 4. The molecular formula is C16H30O8. The Bertz CT molecular complexity index is 349. The van der Waals surface area contributed by atoms with Crippen LogP contribution in [0, 0.1) is 0 Å². The molecule has 1 aliphatic rings. The fraction of sp³-hybridized carbons (Fsp3) is 0.938. The molecule has 8 nitrogen and oxygen atoms in total. The van der Waals surface area contributed by atoms with Crippen molar-refractivity contribution in [3.05, 3.63) is 0 Å². The average Bonchev–Trinajstić information content (AvgIpc) is 2.56. The average molecular weight is 350 g/mol. The molecule has 1 fully saturated rings. The van der Waals surface area contributed by atoms with Crippen LogP contribution in [0.2, 0.25) is 0 Å². The first-order valence-corrected chi connectivity index (χ1v) is 8.61. The van der Waals surface area contributed by atoms with Gasteiger partial charge < -0.3 is 35.0 Å². The second kappa shape index (κ2) is 11.7. The first kappa shape index (κ1) is 21.3. The van der Waals surface area contributed by atoms with Crippen molar-refractivity contribution in [1.29, 1.82) is 0 Å². The molecule has 0 aromatic carbocycles. The van der Waals surface area contributed by atoms with Crippen molar-refractivity contribution in [3.63, 3.8) is 0 Å². The van der Waals surface area contributed by atoms with E-state index in [4.69, 9.17) is 19.7 Å². The quantitative estimate of drug-likeness (QED) is 0.310. The fourth-order valence-electron chi connectivity index (χ4n) is 2.67. The molecule has 24 heavy (non-hydrogen) atoms. The van der Waals surface area contributed by atoms with E-state index in [1.165, 1.54) is 0 Å². The normalized spacial score (nSPS) is 30.4. The maximum Gasteiger partial charge on any atom is 0.303 e. The highest BCUT2D eigenvalue weighted by Crippen LogP contribution is 2.22. The van der Waals surface area contributed by atoms with Gasteiger partial charge in [0.2, 0.25) is 0 Å². The molecule has 5 atom stereocenters. The van der Waals surface area contributed by atoms with Gasteiger partial charge >= 0.3 is 5.97 Å². The molecule has 5 N–H and O–H groups in total. The summed E-state index contributed by atoms with van der Waals surface area (Å²) in [4.78, 5) is 10.4. The van der Waals surface area contributed by atoms with Crippen LogP contribution < -0.4 is 0 Å². The Balaban J connectivity index is 2.05. The van der Waals surface area contributed by atoms with Crippen LogP contribution in [0.3, 0.4) is 0 Å². The molecule has 8 heteroatoms. The summed E-state index contributed by atoms with van der Waals surface area (Å²) in [6.07, 6.45) is 0.521. The third kappa shape index (κ3) is 7.42. The lowest BCUT2D eigenvalue weighted by Crippen LogP contribution is -2.59. The Morgan fingerprint density at radius 2 is 1.46 bits per heavy atom. The maximum atomic E-state index is 10.4. The Kier molecular flexibility index (Phi) is 10.4. The van der Waals surface area contributed by atoms with Crippen LogP contribution in [0.1, 0.15) is 51.4 Å². The fourth-order valence-corrected chi connectivity index (χ4v) is 2.67. The highest BCUT2D eigenvalue weighted by atomic mass is 16.7. The molecule has 1 heterocycles. The lowest BCUT2D eigenvalue weighted by atomic mass is 9.99. The molecule has 1 rings (SSSR count). The van der Waals surface area contributed by atoms with E-state index in [-0.39, 0.29) is 6.42 Å². The highest BCUT2D eigenvalue weighted by Gasteiger charge is 2.43. The van der Waals surface area contributed by atoms with Gasteiger partial charge in [0.25, 0.3) is 0 Å². The predicted octanol–water partition coefficient (Wildman–Crippen LogP) is 0.00830. The standard InChI is InChI=1S/C16H30O8/c17-10-11-13(20)14(21)15(22)16(24-11)23-9-7-5-3-1-2-4-6-8-12(18)19/h11,13-17,20-22H,1-10H2,(H,18,19). The molecule has 0 radical (unpaired) electrons. The van der Waals surface area contributed by atoms with Gasteiger partial charge in [-0.05, 0) is 12.8 Å². The first-order chi connectivity index (χ1) is 11.5. The number of carbonyl (C=O) groups is 1. The molecule has 5 unspecified atom stereocenters. The van der Waals surface area contributed by atoms with E-state index in [0.29, 0.717) is 6.61 Å². The number of carboxylic acids is 1. The number of carboxylic acid groups (broad SMARTS) is 1. The van der Waals surface area contributed by atoms with Crippen molar-refractivity contribution in [2.24, 2.45) is 0 Å². The molecule has 1 aliphatic heterocycles. The lowest BCUT2D eigenvalue weighted by molar-refractivity contribution is -0.301. The van der Waals surface area contributed by atoms with E-state index >= 15 is 0 Å². The van der Waals surface area contributed by atoms with Crippen molar-refractivity contribution in [1.82, 2.24) is 0 Å². The molecule has 0 spiro atoms. The molecule has 0 amide bonds.